The Hall–Kier alpha value is -3.97. The van der Waals surface area contributed by atoms with Gasteiger partial charge in [0.25, 0.3) is 0 Å². The molecule has 0 aliphatic heterocycles. The largest absolute Gasteiger partial charge is 0.481 e. The van der Waals surface area contributed by atoms with Crippen molar-refractivity contribution in [2.45, 2.75) is 18.3 Å². The summed E-state index contributed by atoms with van der Waals surface area (Å²) in [4.78, 5) is 12.1. The number of nitrogens with zero attached hydrogens (tertiary/aromatic N) is 6. The topological polar surface area (TPSA) is 134 Å². The number of rotatable bonds is 9. The summed E-state index contributed by atoms with van der Waals surface area (Å²) in [6.45, 7) is 1.43. The quantitative estimate of drug-likeness (QED) is 0.369. The van der Waals surface area contributed by atoms with E-state index in [1.807, 2.05) is 6.07 Å². The average Bonchev–Trinajstić information content (AvgIpc) is 3.29. The van der Waals surface area contributed by atoms with Gasteiger partial charge in [0.15, 0.2) is 17.5 Å². The standard InChI is InChI=1S/C22H22FN7O4S/c1-14(19(34-3)20-24-12-15(23)13-25-20)35(31,32)29-22-28-27-21(17-10-7-11-18(26-17)33-2)30(22)16-8-5-4-6-9-16/h4-14,19H,1-3H3,(H,28,29)/t14-,19-/m0/s1. The number of hydrogen-bond acceptors (Lipinski definition) is 9. The lowest BCUT2D eigenvalue weighted by atomic mass is 10.2. The second kappa shape index (κ2) is 10.1. The molecule has 1 N–H and O–H groups in total. The Morgan fingerprint density at radius 3 is 2.37 bits per heavy atom. The normalized spacial score (nSPS) is 13.3. The average molecular weight is 500 g/mol. The van der Waals surface area contributed by atoms with Crippen LogP contribution in [0.15, 0.2) is 60.9 Å². The summed E-state index contributed by atoms with van der Waals surface area (Å²) in [5.41, 5.74) is 1.03. The van der Waals surface area contributed by atoms with Gasteiger partial charge in [-0.2, -0.15) is 0 Å². The number of pyridine rings is 1. The second-order valence-corrected chi connectivity index (χ2v) is 9.39. The highest BCUT2D eigenvalue weighted by molar-refractivity contribution is 7.93. The molecule has 3 heterocycles. The molecule has 35 heavy (non-hydrogen) atoms. The number of para-hydroxylation sites is 1. The van der Waals surface area contributed by atoms with E-state index in [2.05, 4.69) is 29.9 Å². The number of halogens is 1. The maximum atomic E-state index is 13.3. The van der Waals surface area contributed by atoms with Gasteiger partial charge in [-0.15, -0.1) is 10.2 Å². The van der Waals surface area contributed by atoms with Crippen molar-refractivity contribution in [3.63, 3.8) is 0 Å². The van der Waals surface area contributed by atoms with Crippen molar-refractivity contribution in [1.82, 2.24) is 29.7 Å². The van der Waals surface area contributed by atoms with Crippen LogP contribution in [0.25, 0.3) is 17.2 Å². The van der Waals surface area contributed by atoms with E-state index in [9.17, 15) is 12.8 Å². The molecule has 1 aromatic carbocycles. The first-order chi connectivity index (χ1) is 16.8. The zero-order chi connectivity index (χ0) is 25.0. The van der Waals surface area contributed by atoms with Gasteiger partial charge in [-0.1, -0.05) is 24.3 Å². The lowest BCUT2D eigenvalue weighted by molar-refractivity contribution is 0.0948. The number of aromatic nitrogens is 6. The van der Waals surface area contributed by atoms with Crippen molar-refractivity contribution in [3.05, 3.63) is 72.6 Å². The van der Waals surface area contributed by atoms with Crippen LogP contribution in [-0.4, -0.2) is 57.6 Å². The molecule has 2 atom stereocenters. The van der Waals surface area contributed by atoms with E-state index in [-0.39, 0.29) is 11.8 Å². The molecular formula is C22H22FN7O4S. The number of methoxy groups -OCH3 is 2. The van der Waals surface area contributed by atoms with Crippen molar-refractivity contribution in [1.29, 1.82) is 0 Å². The molecule has 11 nitrogen and oxygen atoms in total. The number of anilines is 1. The zero-order valence-electron chi connectivity index (χ0n) is 19.0. The minimum atomic E-state index is -4.11. The van der Waals surface area contributed by atoms with Crippen LogP contribution in [0.3, 0.4) is 0 Å². The van der Waals surface area contributed by atoms with Crippen LogP contribution >= 0.6 is 0 Å². The van der Waals surface area contributed by atoms with Gasteiger partial charge in [-0.3, -0.25) is 9.29 Å². The molecule has 3 aromatic heterocycles. The Morgan fingerprint density at radius 1 is 1.00 bits per heavy atom. The molecule has 0 aliphatic carbocycles. The van der Waals surface area contributed by atoms with Crippen LogP contribution in [-0.2, 0) is 14.8 Å². The third-order valence-electron chi connectivity index (χ3n) is 5.14. The Labute approximate surface area is 201 Å². The monoisotopic (exact) mass is 499 g/mol. The Balaban J connectivity index is 1.74. The van der Waals surface area contributed by atoms with E-state index < -0.39 is 27.2 Å². The summed E-state index contributed by atoms with van der Waals surface area (Å²) in [5, 5.41) is 7.10. The molecule has 0 fully saturated rings. The predicted octanol–water partition coefficient (Wildman–Crippen LogP) is 2.78. The lowest BCUT2D eigenvalue weighted by Crippen LogP contribution is -2.33. The smallest absolute Gasteiger partial charge is 0.243 e. The molecule has 0 unspecified atom stereocenters. The van der Waals surface area contributed by atoms with Gasteiger partial charge in [0.05, 0.1) is 25.2 Å². The van der Waals surface area contributed by atoms with E-state index in [4.69, 9.17) is 9.47 Å². The number of nitrogens with one attached hydrogen (secondary N) is 1. The summed E-state index contributed by atoms with van der Waals surface area (Å²) in [6, 6.07) is 14.1. The molecule has 0 amide bonds. The number of ether oxygens (including phenoxy) is 2. The van der Waals surface area contributed by atoms with Crippen molar-refractivity contribution in [2.24, 2.45) is 0 Å². The maximum Gasteiger partial charge on any atom is 0.243 e. The fraction of sp³-hybridized carbons (Fsp3) is 0.227. The van der Waals surface area contributed by atoms with Gasteiger partial charge < -0.3 is 9.47 Å². The Morgan fingerprint density at radius 2 is 1.71 bits per heavy atom. The van der Waals surface area contributed by atoms with Crippen LogP contribution in [0.5, 0.6) is 5.88 Å². The molecule has 4 rings (SSSR count). The Bertz CT molecular complexity index is 1400. The molecule has 0 aliphatic rings. The summed E-state index contributed by atoms with van der Waals surface area (Å²) in [5.74, 6) is -0.0179. The van der Waals surface area contributed by atoms with Crippen molar-refractivity contribution in [3.8, 4) is 23.1 Å². The third kappa shape index (κ3) is 5.10. The molecule has 4 aromatic rings. The first-order valence-corrected chi connectivity index (χ1v) is 11.9. The Kier molecular flexibility index (Phi) is 6.98. The number of sulfonamides is 1. The van der Waals surface area contributed by atoms with Crippen LogP contribution in [0.2, 0.25) is 0 Å². The SMILES string of the molecule is COc1cccc(-c2nnc(NS(=O)(=O)[C@@H](C)[C@H](OC)c3ncc(F)cn3)n2-c2ccccc2)n1. The molecule has 0 spiro atoms. The first kappa shape index (κ1) is 24.2. The van der Waals surface area contributed by atoms with Crippen molar-refractivity contribution < 1.29 is 22.3 Å². The summed E-state index contributed by atoms with van der Waals surface area (Å²) < 4.78 is 54.5. The first-order valence-electron chi connectivity index (χ1n) is 10.4. The van der Waals surface area contributed by atoms with Crippen LogP contribution in [0, 0.1) is 5.82 Å². The van der Waals surface area contributed by atoms with Crippen LogP contribution in [0.1, 0.15) is 18.9 Å². The molecule has 0 bridgehead atoms. The summed E-state index contributed by atoms with van der Waals surface area (Å²) in [6.07, 6.45) is 0.821. The van der Waals surface area contributed by atoms with E-state index in [0.717, 1.165) is 12.4 Å². The predicted molar refractivity (Wildman–Crippen MR) is 125 cm³/mol. The summed E-state index contributed by atoms with van der Waals surface area (Å²) in [7, 11) is -1.30. The van der Waals surface area contributed by atoms with Crippen LogP contribution < -0.4 is 9.46 Å². The van der Waals surface area contributed by atoms with Gasteiger partial charge in [0.2, 0.25) is 21.9 Å². The highest BCUT2D eigenvalue weighted by Crippen LogP contribution is 2.28. The van der Waals surface area contributed by atoms with E-state index in [0.29, 0.717) is 23.1 Å². The highest BCUT2D eigenvalue weighted by atomic mass is 32.2. The minimum Gasteiger partial charge on any atom is -0.481 e. The van der Waals surface area contributed by atoms with E-state index in [1.54, 1.807) is 42.5 Å². The number of benzene rings is 1. The van der Waals surface area contributed by atoms with Gasteiger partial charge in [-0.05, 0) is 25.1 Å². The minimum absolute atomic E-state index is 0.0255. The third-order valence-corrected chi connectivity index (χ3v) is 6.83. The fourth-order valence-corrected chi connectivity index (χ4v) is 4.48. The van der Waals surface area contributed by atoms with E-state index in [1.165, 1.54) is 25.7 Å². The number of hydrogen-bond donors (Lipinski definition) is 1. The lowest BCUT2D eigenvalue weighted by Gasteiger charge is -2.22. The van der Waals surface area contributed by atoms with Gasteiger partial charge in [0, 0.05) is 13.2 Å². The molecule has 0 radical (unpaired) electrons. The molecular weight excluding hydrogens is 477 g/mol. The van der Waals surface area contributed by atoms with E-state index >= 15 is 0 Å². The maximum absolute atomic E-state index is 13.3. The zero-order valence-corrected chi connectivity index (χ0v) is 19.8. The molecule has 0 saturated carbocycles. The molecule has 182 valence electrons. The van der Waals surface area contributed by atoms with Crippen molar-refractivity contribution >= 4 is 16.0 Å². The molecule has 0 saturated heterocycles. The molecule has 13 heteroatoms. The van der Waals surface area contributed by atoms with Gasteiger partial charge in [0.1, 0.15) is 17.0 Å². The highest BCUT2D eigenvalue weighted by Gasteiger charge is 2.34. The second-order valence-electron chi connectivity index (χ2n) is 7.35. The van der Waals surface area contributed by atoms with Gasteiger partial charge in [-0.25, -0.2) is 27.8 Å². The summed E-state index contributed by atoms with van der Waals surface area (Å²) >= 11 is 0. The van der Waals surface area contributed by atoms with Crippen molar-refractivity contribution in [2.75, 3.05) is 18.9 Å². The van der Waals surface area contributed by atoms with Crippen LogP contribution in [0.4, 0.5) is 10.3 Å². The fourth-order valence-electron chi connectivity index (χ4n) is 3.35. The van der Waals surface area contributed by atoms with Gasteiger partial charge >= 0.3 is 0 Å².